The molecule has 0 spiro atoms. The number of ether oxygens (including phenoxy) is 1. The van der Waals surface area contributed by atoms with Crippen molar-refractivity contribution in [3.05, 3.63) is 58.6 Å². The van der Waals surface area contributed by atoms with Gasteiger partial charge in [-0.05, 0) is 42.8 Å². The summed E-state index contributed by atoms with van der Waals surface area (Å²) in [5.41, 5.74) is 0.298. The molecule has 0 heterocycles. The maximum atomic E-state index is 12.3. The fraction of sp³-hybridized carbons (Fsp3) is 0.176. The van der Waals surface area contributed by atoms with E-state index >= 15 is 0 Å². The van der Waals surface area contributed by atoms with Gasteiger partial charge in [-0.25, -0.2) is 0 Å². The summed E-state index contributed by atoms with van der Waals surface area (Å²) in [5, 5.41) is 13.9. The van der Waals surface area contributed by atoms with Crippen LogP contribution < -0.4 is 15.2 Å². The van der Waals surface area contributed by atoms with Crippen LogP contribution >= 0.6 is 11.6 Å². The third-order valence-corrected chi connectivity index (χ3v) is 3.25. The Hall–Kier alpha value is -2.53. The lowest BCUT2D eigenvalue weighted by atomic mass is 10.1. The number of carbonyl (C=O) groups excluding carboxylic acids is 2. The third kappa shape index (κ3) is 4.47. The smallest absolute Gasteiger partial charge is 0.255 e. The van der Waals surface area contributed by atoms with Crippen molar-refractivity contribution in [2.75, 3.05) is 11.9 Å². The summed E-state index contributed by atoms with van der Waals surface area (Å²) in [4.78, 5) is 23.4. The zero-order valence-electron chi connectivity index (χ0n) is 12.5. The molecule has 2 aromatic carbocycles. The van der Waals surface area contributed by atoms with E-state index in [4.69, 9.17) is 16.3 Å². The second-order valence-electron chi connectivity index (χ2n) is 4.81. The number of hydrogen-bond donors (Lipinski definition) is 1. The first-order valence-electron chi connectivity index (χ1n) is 7.06. The molecule has 120 valence electrons. The van der Waals surface area contributed by atoms with E-state index in [0.29, 0.717) is 22.9 Å². The first-order valence-corrected chi connectivity index (χ1v) is 7.44. The Morgan fingerprint density at radius 2 is 2.00 bits per heavy atom. The van der Waals surface area contributed by atoms with Gasteiger partial charge in [0, 0.05) is 16.1 Å². The van der Waals surface area contributed by atoms with E-state index in [0.717, 1.165) is 6.42 Å². The minimum absolute atomic E-state index is 0.0855. The lowest BCUT2D eigenvalue weighted by Gasteiger charge is -2.13. The van der Waals surface area contributed by atoms with Crippen LogP contribution in [0.3, 0.4) is 0 Å². The van der Waals surface area contributed by atoms with Crippen molar-refractivity contribution in [3.63, 3.8) is 0 Å². The maximum Gasteiger partial charge on any atom is 0.255 e. The van der Waals surface area contributed by atoms with Crippen LogP contribution in [0.25, 0.3) is 0 Å². The highest BCUT2D eigenvalue weighted by Gasteiger charge is 2.11. The monoisotopic (exact) mass is 332 g/mol. The fourth-order valence-corrected chi connectivity index (χ4v) is 2.11. The van der Waals surface area contributed by atoms with E-state index in [1.165, 1.54) is 18.2 Å². The van der Waals surface area contributed by atoms with Gasteiger partial charge >= 0.3 is 0 Å². The number of rotatable bonds is 6. The standard InChI is InChI=1S/C17H16ClNO4/c1-2-8-23-13-5-3-4-11(9-13)16(20)19-15-10-12(18)6-7-14(15)17(21)22/h3-7,9-10H,2,8H2,1H3,(H,19,20)(H,21,22)/p-1. The Bertz CT molecular complexity index is 730. The topological polar surface area (TPSA) is 78.5 Å². The summed E-state index contributed by atoms with van der Waals surface area (Å²) >= 11 is 5.85. The number of benzene rings is 2. The molecule has 2 rings (SSSR count). The fourth-order valence-electron chi connectivity index (χ4n) is 1.94. The minimum atomic E-state index is -1.39. The second-order valence-corrected chi connectivity index (χ2v) is 5.24. The van der Waals surface area contributed by atoms with Crippen LogP contribution in [0.4, 0.5) is 5.69 Å². The van der Waals surface area contributed by atoms with E-state index in [2.05, 4.69) is 5.32 Å². The molecule has 0 aliphatic rings. The number of halogens is 1. The van der Waals surface area contributed by atoms with Crippen LogP contribution in [0.1, 0.15) is 34.1 Å². The van der Waals surface area contributed by atoms with Crippen LogP contribution in [-0.4, -0.2) is 18.5 Å². The Morgan fingerprint density at radius 1 is 1.22 bits per heavy atom. The molecule has 2 aromatic rings. The number of carboxylic acid groups (broad SMARTS) is 1. The quantitative estimate of drug-likeness (QED) is 0.882. The number of anilines is 1. The van der Waals surface area contributed by atoms with Crippen molar-refractivity contribution in [2.45, 2.75) is 13.3 Å². The number of amides is 1. The lowest BCUT2D eigenvalue weighted by Crippen LogP contribution is -2.24. The van der Waals surface area contributed by atoms with Crippen LogP contribution in [0.2, 0.25) is 5.02 Å². The van der Waals surface area contributed by atoms with Gasteiger partial charge in [0.2, 0.25) is 0 Å². The predicted molar refractivity (Wildman–Crippen MR) is 86.0 cm³/mol. The molecule has 5 nitrogen and oxygen atoms in total. The number of hydrogen-bond acceptors (Lipinski definition) is 4. The van der Waals surface area contributed by atoms with Crippen LogP contribution in [0, 0.1) is 0 Å². The molecule has 0 saturated heterocycles. The Labute approximate surface area is 138 Å². The Kier molecular flexibility index (Phi) is 5.60. The van der Waals surface area contributed by atoms with E-state index in [1.54, 1.807) is 24.3 Å². The van der Waals surface area contributed by atoms with Gasteiger partial charge < -0.3 is 20.0 Å². The van der Waals surface area contributed by atoms with Crippen molar-refractivity contribution in [2.24, 2.45) is 0 Å². The van der Waals surface area contributed by atoms with Gasteiger partial charge in [-0.2, -0.15) is 0 Å². The van der Waals surface area contributed by atoms with Crippen LogP contribution in [0.15, 0.2) is 42.5 Å². The summed E-state index contributed by atoms with van der Waals surface area (Å²) in [6.45, 7) is 2.53. The Morgan fingerprint density at radius 3 is 2.70 bits per heavy atom. The molecule has 0 radical (unpaired) electrons. The summed E-state index contributed by atoms with van der Waals surface area (Å²) in [6, 6.07) is 10.7. The van der Waals surface area contributed by atoms with Gasteiger partial charge in [0.25, 0.3) is 5.91 Å². The molecule has 0 unspecified atom stereocenters. The van der Waals surface area contributed by atoms with Gasteiger partial charge in [0.1, 0.15) is 5.75 Å². The molecule has 1 N–H and O–H groups in total. The van der Waals surface area contributed by atoms with Crippen molar-refractivity contribution >= 4 is 29.2 Å². The molecular weight excluding hydrogens is 318 g/mol. The average molecular weight is 333 g/mol. The van der Waals surface area contributed by atoms with Gasteiger partial charge in [0.05, 0.1) is 18.3 Å². The van der Waals surface area contributed by atoms with Crippen molar-refractivity contribution in [1.82, 2.24) is 0 Å². The van der Waals surface area contributed by atoms with Gasteiger partial charge in [-0.1, -0.05) is 24.6 Å². The molecule has 23 heavy (non-hydrogen) atoms. The first kappa shape index (κ1) is 16.8. The molecular formula is C17H15ClNO4-. The predicted octanol–water partition coefficient (Wildman–Crippen LogP) is 2.74. The van der Waals surface area contributed by atoms with Crippen molar-refractivity contribution < 1.29 is 19.4 Å². The lowest BCUT2D eigenvalue weighted by molar-refractivity contribution is -0.254. The van der Waals surface area contributed by atoms with Crippen LogP contribution in [-0.2, 0) is 0 Å². The van der Waals surface area contributed by atoms with Gasteiger partial charge in [0.15, 0.2) is 0 Å². The molecule has 0 aromatic heterocycles. The summed E-state index contributed by atoms with van der Waals surface area (Å²) in [6.07, 6.45) is 0.855. The molecule has 0 fully saturated rings. The van der Waals surface area contributed by atoms with Gasteiger partial charge in [-0.15, -0.1) is 0 Å². The van der Waals surface area contributed by atoms with Gasteiger partial charge in [-0.3, -0.25) is 4.79 Å². The molecule has 0 aliphatic heterocycles. The van der Waals surface area contributed by atoms with Crippen LogP contribution in [0.5, 0.6) is 5.75 Å². The molecule has 0 aliphatic carbocycles. The zero-order chi connectivity index (χ0) is 16.8. The van der Waals surface area contributed by atoms with E-state index in [1.807, 2.05) is 6.92 Å². The van der Waals surface area contributed by atoms with E-state index < -0.39 is 11.9 Å². The second kappa shape index (κ2) is 7.65. The normalized spacial score (nSPS) is 10.2. The molecule has 6 heteroatoms. The molecule has 0 atom stereocenters. The Balaban J connectivity index is 2.22. The molecule has 0 saturated carbocycles. The number of aromatic carboxylic acids is 1. The van der Waals surface area contributed by atoms with Crippen molar-refractivity contribution in [3.8, 4) is 5.75 Å². The summed E-state index contributed by atoms with van der Waals surface area (Å²) in [7, 11) is 0. The largest absolute Gasteiger partial charge is 0.545 e. The number of carboxylic acids is 1. The summed E-state index contributed by atoms with van der Waals surface area (Å²) < 4.78 is 5.47. The van der Waals surface area contributed by atoms with Crippen molar-refractivity contribution in [1.29, 1.82) is 0 Å². The molecule has 1 amide bonds. The summed E-state index contributed by atoms with van der Waals surface area (Å²) in [5.74, 6) is -1.28. The number of carbonyl (C=O) groups is 2. The SMILES string of the molecule is CCCOc1cccc(C(=O)Nc2cc(Cl)ccc2C(=O)[O-])c1. The average Bonchev–Trinajstić information content (AvgIpc) is 2.53. The van der Waals surface area contributed by atoms with E-state index in [9.17, 15) is 14.7 Å². The minimum Gasteiger partial charge on any atom is -0.545 e. The van der Waals surface area contributed by atoms with E-state index in [-0.39, 0.29) is 11.3 Å². The first-order chi connectivity index (χ1) is 11.0. The maximum absolute atomic E-state index is 12.3. The highest BCUT2D eigenvalue weighted by Crippen LogP contribution is 2.22. The highest BCUT2D eigenvalue weighted by atomic mass is 35.5. The highest BCUT2D eigenvalue weighted by molar-refractivity contribution is 6.31. The third-order valence-electron chi connectivity index (χ3n) is 3.02. The number of nitrogens with one attached hydrogen (secondary N) is 1. The molecule has 0 bridgehead atoms. The zero-order valence-corrected chi connectivity index (χ0v) is 13.2.